The van der Waals surface area contributed by atoms with Crippen molar-refractivity contribution in [3.8, 4) is 0 Å². The van der Waals surface area contributed by atoms with Crippen LogP contribution < -0.4 is 5.32 Å². The van der Waals surface area contributed by atoms with Gasteiger partial charge >= 0.3 is 11.8 Å². The molecule has 0 aromatic rings. The lowest BCUT2D eigenvalue weighted by Crippen LogP contribution is -2.54. The van der Waals surface area contributed by atoms with Gasteiger partial charge in [-0.05, 0) is 46.0 Å². The lowest BCUT2D eigenvalue weighted by atomic mass is 9.95. The average Bonchev–Trinajstić information content (AvgIpc) is 2.39. The molecule has 1 saturated carbocycles. The lowest BCUT2D eigenvalue weighted by Gasteiger charge is -2.38. The van der Waals surface area contributed by atoms with Gasteiger partial charge in [0.25, 0.3) is 0 Å². The largest absolute Gasteiger partial charge is 0.345 e. The number of carbonyl (C=O) groups is 2. The predicted octanol–water partition coefficient (Wildman–Crippen LogP) is 2.22. The van der Waals surface area contributed by atoms with E-state index in [-0.39, 0.29) is 24.0 Å². The van der Waals surface area contributed by atoms with Crippen molar-refractivity contribution in [3.05, 3.63) is 0 Å². The van der Waals surface area contributed by atoms with Gasteiger partial charge in [0.1, 0.15) is 0 Å². The first kappa shape index (κ1) is 14.4. The van der Waals surface area contributed by atoms with E-state index >= 15 is 0 Å². The lowest BCUT2D eigenvalue weighted by molar-refractivity contribution is -0.150. The Kier molecular flexibility index (Phi) is 4.83. The van der Waals surface area contributed by atoms with E-state index in [1.54, 1.807) is 4.90 Å². The number of nitrogens with zero attached hydrogens (tertiary/aromatic N) is 1. The highest BCUT2D eigenvalue weighted by atomic mass is 16.2. The summed E-state index contributed by atoms with van der Waals surface area (Å²) in [5.74, 6) is -0.724. The molecule has 1 heterocycles. The molecule has 4 nitrogen and oxygen atoms in total. The van der Waals surface area contributed by atoms with Crippen LogP contribution >= 0.6 is 0 Å². The zero-order chi connectivity index (χ0) is 13.8. The van der Waals surface area contributed by atoms with Crippen LogP contribution in [0.4, 0.5) is 0 Å². The molecule has 1 aliphatic heterocycles. The fraction of sp³-hybridized carbons (Fsp3) is 0.867. The van der Waals surface area contributed by atoms with Crippen molar-refractivity contribution in [3.63, 3.8) is 0 Å². The van der Waals surface area contributed by atoms with E-state index in [2.05, 4.69) is 5.32 Å². The van der Waals surface area contributed by atoms with Crippen molar-refractivity contribution in [1.29, 1.82) is 0 Å². The maximum absolute atomic E-state index is 12.3. The summed E-state index contributed by atoms with van der Waals surface area (Å²) >= 11 is 0. The van der Waals surface area contributed by atoms with Crippen molar-refractivity contribution in [2.24, 2.45) is 0 Å². The van der Waals surface area contributed by atoms with Gasteiger partial charge < -0.3 is 10.2 Å². The number of rotatable bonds is 1. The highest BCUT2D eigenvalue weighted by molar-refractivity contribution is 6.35. The zero-order valence-electron chi connectivity index (χ0n) is 12.2. The molecule has 2 atom stereocenters. The molecule has 2 fully saturated rings. The summed E-state index contributed by atoms with van der Waals surface area (Å²) in [6.07, 6.45) is 8.77. The molecule has 1 saturated heterocycles. The van der Waals surface area contributed by atoms with Gasteiger partial charge in [0.15, 0.2) is 0 Å². The molecule has 4 heteroatoms. The van der Waals surface area contributed by atoms with Crippen LogP contribution in [0.25, 0.3) is 0 Å². The molecular weight excluding hydrogens is 240 g/mol. The van der Waals surface area contributed by atoms with Crippen molar-refractivity contribution in [2.45, 2.75) is 83.3 Å². The smallest absolute Gasteiger partial charge is 0.312 e. The highest BCUT2D eigenvalue weighted by Crippen LogP contribution is 2.23. The number of amides is 2. The summed E-state index contributed by atoms with van der Waals surface area (Å²) in [6.45, 7) is 4.09. The number of hydrogen-bond acceptors (Lipinski definition) is 2. The fourth-order valence-corrected chi connectivity index (χ4v) is 3.43. The van der Waals surface area contributed by atoms with Crippen LogP contribution in [-0.4, -0.2) is 34.8 Å². The van der Waals surface area contributed by atoms with Gasteiger partial charge in [0, 0.05) is 18.1 Å². The second-order valence-electron chi connectivity index (χ2n) is 6.15. The van der Waals surface area contributed by atoms with Crippen LogP contribution in [0.15, 0.2) is 0 Å². The third-order valence-electron chi connectivity index (χ3n) is 4.56. The molecule has 1 N–H and O–H groups in total. The molecule has 108 valence electrons. The molecule has 0 bridgehead atoms. The second kappa shape index (κ2) is 6.40. The van der Waals surface area contributed by atoms with Crippen LogP contribution in [0, 0.1) is 0 Å². The third kappa shape index (κ3) is 3.48. The minimum atomic E-state index is -0.396. The molecule has 0 aromatic carbocycles. The molecule has 19 heavy (non-hydrogen) atoms. The summed E-state index contributed by atoms with van der Waals surface area (Å²) in [4.78, 5) is 26.2. The molecule has 1 aliphatic carbocycles. The minimum Gasteiger partial charge on any atom is -0.345 e. The molecular formula is C15H26N2O2. The maximum atomic E-state index is 12.3. The molecule has 2 rings (SSSR count). The van der Waals surface area contributed by atoms with Crippen molar-refractivity contribution in [1.82, 2.24) is 10.2 Å². The Morgan fingerprint density at radius 2 is 1.47 bits per heavy atom. The first-order valence-corrected chi connectivity index (χ1v) is 7.72. The summed E-state index contributed by atoms with van der Waals surface area (Å²) < 4.78 is 0. The van der Waals surface area contributed by atoms with Gasteiger partial charge in [0.2, 0.25) is 0 Å². The van der Waals surface area contributed by atoms with Crippen LogP contribution in [0.5, 0.6) is 0 Å². The van der Waals surface area contributed by atoms with Gasteiger partial charge in [0.05, 0.1) is 0 Å². The molecule has 0 radical (unpaired) electrons. The Hall–Kier alpha value is -1.06. The molecule has 2 aliphatic rings. The van der Waals surface area contributed by atoms with E-state index in [9.17, 15) is 9.59 Å². The monoisotopic (exact) mass is 266 g/mol. The van der Waals surface area contributed by atoms with Gasteiger partial charge in [-0.2, -0.15) is 0 Å². The standard InChI is InChI=1S/C15H26N2O2/c1-11-7-6-8-12(2)17(11)15(19)14(18)16-13-9-4-3-5-10-13/h11-13H,3-10H2,1-2H3,(H,16,18). The van der Waals surface area contributed by atoms with E-state index in [0.717, 1.165) is 44.9 Å². The zero-order valence-corrected chi connectivity index (χ0v) is 12.2. The average molecular weight is 266 g/mol. The van der Waals surface area contributed by atoms with Crippen molar-refractivity contribution < 1.29 is 9.59 Å². The van der Waals surface area contributed by atoms with E-state index in [4.69, 9.17) is 0 Å². The van der Waals surface area contributed by atoms with Crippen molar-refractivity contribution in [2.75, 3.05) is 0 Å². The quantitative estimate of drug-likeness (QED) is 0.740. The number of likely N-dealkylation sites (tertiary alicyclic amines) is 1. The van der Waals surface area contributed by atoms with Gasteiger partial charge in [-0.3, -0.25) is 9.59 Å². The molecule has 0 aromatic heterocycles. The number of nitrogens with one attached hydrogen (secondary N) is 1. The number of carbonyl (C=O) groups excluding carboxylic acids is 2. The van der Waals surface area contributed by atoms with Gasteiger partial charge in [-0.15, -0.1) is 0 Å². The molecule has 2 unspecified atom stereocenters. The van der Waals surface area contributed by atoms with E-state index in [1.807, 2.05) is 13.8 Å². The van der Waals surface area contributed by atoms with Gasteiger partial charge in [-0.1, -0.05) is 19.3 Å². The normalized spacial score (nSPS) is 29.1. The Balaban J connectivity index is 1.91. The first-order valence-electron chi connectivity index (χ1n) is 7.72. The molecule has 0 spiro atoms. The second-order valence-corrected chi connectivity index (χ2v) is 6.15. The van der Waals surface area contributed by atoms with E-state index in [0.29, 0.717) is 0 Å². The minimum absolute atomic E-state index is 0.188. The number of hydrogen-bond donors (Lipinski definition) is 1. The van der Waals surface area contributed by atoms with E-state index < -0.39 is 5.91 Å². The summed E-state index contributed by atoms with van der Waals surface area (Å²) in [6, 6.07) is 0.585. The Morgan fingerprint density at radius 1 is 0.895 bits per heavy atom. The number of piperidine rings is 1. The van der Waals surface area contributed by atoms with Crippen LogP contribution in [-0.2, 0) is 9.59 Å². The Labute approximate surface area is 115 Å². The maximum Gasteiger partial charge on any atom is 0.312 e. The van der Waals surface area contributed by atoms with Crippen LogP contribution in [0.3, 0.4) is 0 Å². The van der Waals surface area contributed by atoms with Crippen LogP contribution in [0.2, 0.25) is 0 Å². The highest BCUT2D eigenvalue weighted by Gasteiger charge is 2.33. The third-order valence-corrected chi connectivity index (χ3v) is 4.56. The topological polar surface area (TPSA) is 49.4 Å². The van der Waals surface area contributed by atoms with Crippen molar-refractivity contribution >= 4 is 11.8 Å². The van der Waals surface area contributed by atoms with E-state index in [1.165, 1.54) is 6.42 Å². The first-order chi connectivity index (χ1) is 9.09. The fourth-order valence-electron chi connectivity index (χ4n) is 3.43. The SMILES string of the molecule is CC1CCCC(C)N1C(=O)C(=O)NC1CCCCC1. The summed E-state index contributed by atoms with van der Waals surface area (Å²) in [5, 5.41) is 2.93. The molecule has 2 amide bonds. The predicted molar refractivity (Wildman–Crippen MR) is 74.6 cm³/mol. The Bertz CT molecular complexity index is 327. The summed E-state index contributed by atoms with van der Waals surface area (Å²) in [7, 11) is 0. The summed E-state index contributed by atoms with van der Waals surface area (Å²) in [5.41, 5.74) is 0. The van der Waals surface area contributed by atoms with Crippen LogP contribution in [0.1, 0.15) is 65.2 Å². The van der Waals surface area contributed by atoms with Gasteiger partial charge in [-0.25, -0.2) is 0 Å². The Morgan fingerprint density at radius 3 is 2.05 bits per heavy atom.